The molecule has 0 bridgehead atoms. The van der Waals surface area contributed by atoms with Gasteiger partial charge in [-0.2, -0.15) is 0 Å². The van der Waals surface area contributed by atoms with E-state index in [0.29, 0.717) is 10.7 Å². The van der Waals surface area contributed by atoms with E-state index in [1.807, 2.05) is 41.9 Å². The number of thiazole rings is 1. The van der Waals surface area contributed by atoms with Crippen molar-refractivity contribution in [2.75, 3.05) is 5.32 Å². The summed E-state index contributed by atoms with van der Waals surface area (Å²) in [6, 6.07) is 12.9. The summed E-state index contributed by atoms with van der Waals surface area (Å²) in [6.45, 7) is 0. The minimum atomic E-state index is -0.145. The number of hydrogen-bond acceptors (Lipinski definition) is 3. The van der Waals surface area contributed by atoms with Crippen LogP contribution in [0.15, 0.2) is 54.0 Å². The standard InChI is InChI=1S/C14H11N3OS/c18-13(10-5-2-1-3-6-10)17-14-16-12(9-19-14)11-7-4-8-15-11/h1-9,15H,(H,16,17,18). The minimum absolute atomic E-state index is 0.145. The number of nitrogens with one attached hydrogen (secondary N) is 2. The fourth-order valence-electron chi connectivity index (χ4n) is 1.70. The molecule has 0 aliphatic carbocycles. The number of carbonyl (C=O) groups excluding carboxylic acids is 1. The van der Waals surface area contributed by atoms with Gasteiger partial charge in [-0.1, -0.05) is 18.2 Å². The van der Waals surface area contributed by atoms with Crippen LogP contribution in [0.2, 0.25) is 0 Å². The van der Waals surface area contributed by atoms with E-state index in [1.54, 1.807) is 12.1 Å². The molecule has 1 amide bonds. The molecule has 3 rings (SSSR count). The molecule has 94 valence electrons. The van der Waals surface area contributed by atoms with Crippen LogP contribution < -0.4 is 5.32 Å². The third-order valence-electron chi connectivity index (χ3n) is 2.63. The monoisotopic (exact) mass is 269 g/mol. The number of anilines is 1. The average molecular weight is 269 g/mol. The number of amides is 1. The molecule has 4 nitrogen and oxygen atoms in total. The van der Waals surface area contributed by atoms with E-state index < -0.39 is 0 Å². The molecule has 2 N–H and O–H groups in total. The maximum Gasteiger partial charge on any atom is 0.257 e. The lowest BCUT2D eigenvalue weighted by Gasteiger charge is -2.00. The third kappa shape index (κ3) is 2.56. The van der Waals surface area contributed by atoms with Gasteiger partial charge in [0.2, 0.25) is 0 Å². The first-order valence-electron chi connectivity index (χ1n) is 5.78. The molecule has 0 saturated carbocycles. The lowest BCUT2D eigenvalue weighted by atomic mass is 10.2. The Bertz CT molecular complexity index is 674. The van der Waals surface area contributed by atoms with E-state index in [0.717, 1.165) is 11.4 Å². The first kappa shape index (κ1) is 11.7. The normalized spacial score (nSPS) is 10.3. The molecular formula is C14H11N3OS. The van der Waals surface area contributed by atoms with Gasteiger partial charge in [-0.05, 0) is 24.3 Å². The van der Waals surface area contributed by atoms with E-state index in [-0.39, 0.29) is 5.91 Å². The van der Waals surface area contributed by atoms with Gasteiger partial charge in [0, 0.05) is 17.1 Å². The molecule has 0 unspecified atom stereocenters. The summed E-state index contributed by atoms with van der Waals surface area (Å²) < 4.78 is 0. The molecule has 0 aliphatic rings. The Morgan fingerprint density at radius 3 is 2.74 bits per heavy atom. The second-order valence-electron chi connectivity index (χ2n) is 3.94. The van der Waals surface area contributed by atoms with Crippen molar-refractivity contribution in [3.8, 4) is 11.4 Å². The molecule has 0 aliphatic heterocycles. The molecule has 0 radical (unpaired) electrons. The highest BCUT2D eigenvalue weighted by atomic mass is 32.1. The molecule has 2 heterocycles. The molecule has 2 aromatic heterocycles. The van der Waals surface area contributed by atoms with Crippen molar-refractivity contribution in [1.29, 1.82) is 0 Å². The van der Waals surface area contributed by atoms with E-state index in [9.17, 15) is 4.79 Å². The molecule has 19 heavy (non-hydrogen) atoms. The summed E-state index contributed by atoms with van der Waals surface area (Å²) in [7, 11) is 0. The maximum atomic E-state index is 12.0. The van der Waals surface area contributed by atoms with Crippen LogP contribution in [0.1, 0.15) is 10.4 Å². The fraction of sp³-hybridized carbons (Fsp3) is 0. The van der Waals surface area contributed by atoms with Crippen molar-refractivity contribution < 1.29 is 4.79 Å². The highest BCUT2D eigenvalue weighted by molar-refractivity contribution is 7.14. The van der Waals surface area contributed by atoms with Crippen LogP contribution in [0.5, 0.6) is 0 Å². The van der Waals surface area contributed by atoms with Gasteiger partial charge >= 0.3 is 0 Å². The number of aromatic nitrogens is 2. The third-order valence-corrected chi connectivity index (χ3v) is 3.39. The number of benzene rings is 1. The largest absolute Gasteiger partial charge is 0.360 e. The van der Waals surface area contributed by atoms with Crippen LogP contribution in [-0.4, -0.2) is 15.9 Å². The Balaban J connectivity index is 1.76. The first-order valence-corrected chi connectivity index (χ1v) is 6.66. The van der Waals surface area contributed by atoms with Gasteiger partial charge < -0.3 is 4.98 Å². The Hall–Kier alpha value is -2.40. The van der Waals surface area contributed by atoms with Crippen LogP contribution in [0.4, 0.5) is 5.13 Å². The smallest absolute Gasteiger partial charge is 0.257 e. The van der Waals surface area contributed by atoms with Gasteiger partial charge in [0.25, 0.3) is 5.91 Å². The van der Waals surface area contributed by atoms with Crippen LogP contribution in [0.3, 0.4) is 0 Å². The predicted molar refractivity (Wildman–Crippen MR) is 76.3 cm³/mol. The minimum Gasteiger partial charge on any atom is -0.360 e. The molecule has 0 fully saturated rings. The average Bonchev–Trinajstić information content (AvgIpc) is 3.10. The summed E-state index contributed by atoms with van der Waals surface area (Å²) >= 11 is 1.41. The van der Waals surface area contributed by atoms with Gasteiger partial charge in [-0.3, -0.25) is 10.1 Å². The van der Waals surface area contributed by atoms with Crippen LogP contribution in [0.25, 0.3) is 11.4 Å². The number of rotatable bonds is 3. The SMILES string of the molecule is O=C(Nc1nc(-c2ccc[nH]2)cs1)c1ccccc1. The van der Waals surface area contributed by atoms with Crippen molar-refractivity contribution in [2.45, 2.75) is 0 Å². The zero-order chi connectivity index (χ0) is 13.1. The van der Waals surface area contributed by atoms with Crippen molar-refractivity contribution in [3.05, 3.63) is 59.6 Å². The maximum absolute atomic E-state index is 12.0. The second-order valence-corrected chi connectivity index (χ2v) is 4.80. The van der Waals surface area contributed by atoms with E-state index in [4.69, 9.17) is 0 Å². The van der Waals surface area contributed by atoms with E-state index in [1.165, 1.54) is 11.3 Å². The molecule has 5 heteroatoms. The summed E-state index contributed by atoms with van der Waals surface area (Å²) in [5.74, 6) is -0.145. The zero-order valence-corrected chi connectivity index (χ0v) is 10.8. The molecule has 0 spiro atoms. The van der Waals surface area contributed by atoms with Crippen LogP contribution >= 0.6 is 11.3 Å². The highest BCUT2D eigenvalue weighted by Gasteiger charge is 2.09. The Labute approximate surface area is 114 Å². The second kappa shape index (κ2) is 5.07. The lowest BCUT2D eigenvalue weighted by molar-refractivity contribution is 0.102. The Morgan fingerprint density at radius 2 is 2.00 bits per heavy atom. The first-order chi connectivity index (χ1) is 9.33. The summed E-state index contributed by atoms with van der Waals surface area (Å²) in [6.07, 6.45) is 1.84. The Kier molecular flexibility index (Phi) is 3.12. The van der Waals surface area contributed by atoms with Crippen LogP contribution in [-0.2, 0) is 0 Å². The highest BCUT2D eigenvalue weighted by Crippen LogP contribution is 2.23. The Morgan fingerprint density at radius 1 is 1.16 bits per heavy atom. The number of aromatic amines is 1. The van der Waals surface area contributed by atoms with Gasteiger partial charge in [0.15, 0.2) is 5.13 Å². The number of nitrogens with zero attached hydrogens (tertiary/aromatic N) is 1. The van der Waals surface area contributed by atoms with E-state index in [2.05, 4.69) is 15.3 Å². The van der Waals surface area contributed by atoms with Gasteiger partial charge in [0.1, 0.15) is 0 Å². The summed E-state index contributed by atoms with van der Waals surface area (Å²) in [4.78, 5) is 19.4. The number of hydrogen-bond donors (Lipinski definition) is 2. The van der Waals surface area contributed by atoms with Crippen molar-refractivity contribution in [3.63, 3.8) is 0 Å². The van der Waals surface area contributed by atoms with Crippen molar-refractivity contribution in [1.82, 2.24) is 9.97 Å². The predicted octanol–water partition coefficient (Wildman–Crippen LogP) is 3.39. The van der Waals surface area contributed by atoms with E-state index >= 15 is 0 Å². The van der Waals surface area contributed by atoms with Gasteiger partial charge in [0.05, 0.1) is 11.4 Å². The number of H-pyrrole nitrogens is 1. The van der Waals surface area contributed by atoms with Crippen molar-refractivity contribution in [2.24, 2.45) is 0 Å². The van der Waals surface area contributed by atoms with Gasteiger partial charge in [-0.15, -0.1) is 11.3 Å². The molecule has 3 aromatic rings. The number of carbonyl (C=O) groups is 1. The molecule has 0 saturated heterocycles. The van der Waals surface area contributed by atoms with Crippen molar-refractivity contribution >= 4 is 22.4 Å². The zero-order valence-electron chi connectivity index (χ0n) is 9.96. The van der Waals surface area contributed by atoms with Crippen LogP contribution in [0, 0.1) is 0 Å². The topological polar surface area (TPSA) is 57.8 Å². The fourth-order valence-corrected chi connectivity index (χ4v) is 2.41. The quantitative estimate of drug-likeness (QED) is 0.765. The molecule has 0 atom stereocenters. The lowest BCUT2D eigenvalue weighted by Crippen LogP contribution is -2.11. The summed E-state index contributed by atoms with van der Waals surface area (Å²) in [5, 5.41) is 5.30. The van der Waals surface area contributed by atoms with Gasteiger partial charge in [-0.25, -0.2) is 4.98 Å². The molecule has 1 aromatic carbocycles. The summed E-state index contributed by atoms with van der Waals surface area (Å²) in [5.41, 5.74) is 2.40. The molecular weight excluding hydrogens is 258 g/mol.